The predicted molar refractivity (Wildman–Crippen MR) is 61.5 cm³/mol. The number of hydrogen-bond donors (Lipinski definition) is 1. The van der Waals surface area contributed by atoms with Crippen molar-refractivity contribution in [3.8, 4) is 5.75 Å². The number of amides is 1. The monoisotopic (exact) mass is 235 g/mol. The average Bonchev–Trinajstić information content (AvgIpc) is 2.42. The third-order valence-corrected chi connectivity index (χ3v) is 2.81. The molecule has 0 saturated carbocycles. The van der Waals surface area contributed by atoms with Gasteiger partial charge in [-0.25, -0.2) is 4.79 Å². The number of carbonyl (C=O) groups is 2. The van der Waals surface area contributed by atoms with E-state index in [9.17, 15) is 9.59 Å². The molecule has 1 heterocycles. The summed E-state index contributed by atoms with van der Waals surface area (Å²) in [5.74, 6) is -0.798. The molecule has 0 aliphatic carbocycles. The van der Waals surface area contributed by atoms with Crippen molar-refractivity contribution in [2.45, 2.75) is 6.92 Å². The number of carboxylic acids is 1. The number of benzene rings is 1. The van der Waals surface area contributed by atoms with E-state index in [-0.39, 0.29) is 17.4 Å². The quantitative estimate of drug-likeness (QED) is 0.798. The first-order valence-electron chi connectivity index (χ1n) is 5.28. The fraction of sp³-hybridized carbons (Fsp3) is 0.333. The number of rotatable bonds is 1. The van der Waals surface area contributed by atoms with E-state index in [1.807, 2.05) is 0 Å². The van der Waals surface area contributed by atoms with Gasteiger partial charge in [-0.15, -0.1) is 0 Å². The van der Waals surface area contributed by atoms with Gasteiger partial charge in [-0.05, 0) is 18.2 Å². The second-order valence-electron chi connectivity index (χ2n) is 4.10. The zero-order valence-electron chi connectivity index (χ0n) is 9.64. The van der Waals surface area contributed by atoms with E-state index >= 15 is 0 Å². The lowest BCUT2D eigenvalue weighted by molar-refractivity contribution is -0.122. The third-order valence-electron chi connectivity index (χ3n) is 2.81. The highest BCUT2D eigenvalue weighted by molar-refractivity contribution is 5.98. The number of aromatic carboxylic acids is 1. The molecule has 5 nitrogen and oxygen atoms in total. The molecule has 0 fully saturated rings. The molecule has 0 saturated heterocycles. The average molecular weight is 235 g/mol. The lowest BCUT2D eigenvalue weighted by Crippen LogP contribution is -2.31. The number of carboxylic acid groups (broad SMARTS) is 1. The van der Waals surface area contributed by atoms with Gasteiger partial charge in [0.15, 0.2) is 0 Å². The van der Waals surface area contributed by atoms with Crippen molar-refractivity contribution in [3.05, 3.63) is 23.8 Å². The van der Waals surface area contributed by atoms with Crippen LogP contribution in [0.2, 0.25) is 0 Å². The van der Waals surface area contributed by atoms with Crippen LogP contribution in [0.3, 0.4) is 0 Å². The van der Waals surface area contributed by atoms with E-state index in [0.717, 1.165) is 0 Å². The molecule has 1 aliphatic rings. The standard InChI is InChI=1S/C12H13NO4/c1-7-6-17-10-4-3-8(12(15)16)5-9(10)13(2)11(7)14/h3-5,7H,6H2,1-2H3,(H,15,16). The topological polar surface area (TPSA) is 66.8 Å². The summed E-state index contributed by atoms with van der Waals surface area (Å²) < 4.78 is 5.48. The van der Waals surface area contributed by atoms with Gasteiger partial charge in [-0.3, -0.25) is 4.79 Å². The van der Waals surface area contributed by atoms with Gasteiger partial charge >= 0.3 is 5.97 Å². The molecule has 0 spiro atoms. The van der Waals surface area contributed by atoms with E-state index < -0.39 is 5.97 Å². The summed E-state index contributed by atoms with van der Waals surface area (Å²) in [6, 6.07) is 4.50. The molecule has 0 aromatic heterocycles. The number of anilines is 1. The van der Waals surface area contributed by atoms with Crippen LogP contribution >= 0.6 is 0 Å². The molecule has 0 radical (unpaired) electrons. The molecule has 1 N–H and O–H groups in total. The highest BCUT2D eigenvalue weighted by atomic mass is 16.5. The first-order valence-corrected chi connectivity index (χ1v) is 5.28. The Morgan fingerprint density at radius 3 is 2.88 bits per heavy atom. The lowest BCUT2D eigenvalue weighted by atomic mass is 10.1. The molecule has 1 aromatic carbocycles. The molecule has 1 unspecified atom stereocenters. The molecule has 1 aliphatic heterocycles. The molecule has 1 aromatic rings. The van der Waals surface area contributed by atoms with Gasteiger partial charge in [0, 0.05) is 7.05 Å². The van der Waals surface area contributed by atoms with Gasteiger partial charge in [-0.1, -0.05) is 6.92 Å². The van der Waals surface area contributed by atoms with Gasteiger partial charge in [-0.2, -0.15) is 0 Å². The third kappa shape index (κ3) is 1.95. The minimum Gasteiger partial charge on any atom is -0.491 e. The Balaban J connectivity index is 2.49. The summed E-state index contributed by atoms with van der Waals surface area (Å²) in [5, 5.41) is 8.92. The Bertz CT molecular complexity index is 483. The van der Waals surface area contributed by atoms with E-state index in [0.29, 0.717) is 18.0 Å². The van der Waals surface area contributed by atoms with Crippen LogP contribution in [0.4, 0.5) is 5.69 Å². The second-order valence-corrected chi connectivity index (χ2v) is 4.10. The summed E-state index contributed by atoms with van der Waals surface area (Å²) in [7, 11) is 1.62. The zero-order valence-corrected chi connectivity index (χ0v) is 9.64. The maximum atomic E-state index is 11.9. The zero-order chi connectivity index (χ0) is 12.6. The SMILES string of the molecule is CC1COc2ccc(C(=O)O)cc2N(C)C1=O. The lowest BCUT2D eigenvalue weighted by Gasteiger charge is -2.17. The van der Waals surface area contributed by atoms with Crippen LogP contribution in [0.5, 0.6) is 5.75 Å². The minimum atomic E-state index is -1.02. The molecule has 0 bridgehead atoms. The number of ether oxygens (including phenoxy) is 1. The van der Waals surface area contributed by atoms with Crippen molar-refractivity contribution in [1.82, 2.24) is 0 Å². The smallest absolute Gasteiger partial charge is 0.335 e. The van der Waals surface area contributed by atoms with Crippen LogP contribution in [-0.4, -0.2) is 30.6 Å². The summed E-state index contributed by atoms with van der Waals surface area (Å²) in [6.07, 6.45) is 0. The van der Waals surface area contributed by atoms with Crippen molar-refractivity contribution in [2.24, 2.45) is 5.92 Å². The van der Waals surface area contributed by atoms with E-state index in [4.69, 9.17) is 9.84 Å². The van der Waals surface area contributed by atoms with Crippen molar-refractivity contribution >= 4 is 17.6 Å². The van der Waals surface area contributed by atoms with E-state index in [1.54, 1.807) is 20.0 Å². The first kappa shape index (κ1) is 11.4. The van der Waals surface area contributed by atoms with Crippen LogP contribution in [0.25, 0.3) is 0 Å². The first-order chi connectivity index (χ1) is 8.00. The van der Waals surface area contributed by atoms with E-state index in [2.05, 4.69) is 0 Å². The molecule has 5 heteroatoms. The maximum Gasteiger partial charge on any atom is 0.335 e. The molecule has 2 rings (SSSR count). The number of hydrogen-bond acceptors (Lipinski definition) is 3. The summed E-state index contributed by atoms with van der Waals surface area (Å²) in [4.78, 5) is 24.2. The predicted octanol–water partition coefficient (Wildman–Crippen LogP) is 1.38. The Hall–Kier alpha value is -2.04. The van der Waals surface area contributed by atoms with Crippen LogP contribution in [-0.2, 0) is 4.79 Å². The van der Waals surface area contributed by atoms with Gasteiger partial charge in [0.25, 0.3) is 0 Å². The van der Waals surface area contributed by atoms with Crippen molar-refractivity contribution < 1.29 is 19.4 Å². The fourth-order valence-electron chi connectivity index (χ4n) is 1.77. The highest BCUT2D eigenvalue weighted by Gasteiger charge is 2.26. The summed E-state index contributed by atoms with van der Waals surface area (Å²) in [6.45, 7) is 2.09. The Morgan fingerprint density at radius 1 is 1.53 bits per heavy atom. The minimum absolute atomic E-state index is 0.0775. The van der Waals surface area contributed by atoms with Gasteiger partial charge in [0.2, 0.25) is 5.91 Å². The van der Waals surface area contributed by atoms with Gasteiger partial charge in [0.1, 0.15) is 5.75 Å². The number of carbonyl (C=O) groups excluding carboxylic acids is 1. The van der Waals surface area contributed by atoms with Gasteiger partial charge in [0.05, 0.1) is 23.8 Å². The molecular weight excluding hydrogens is 222 g/mol. The van der Waals surface area contributed by atoms with Crippen molar-refractivity contribution in [2.75, 3.05) is 18.6 Å². The highest BCUT2D eigenvalue weighted by Crippen LogP contribution is 2.32. The van der Waals surface area contributed by atoms with Crippen LogP contribution in [0, 0.1) is 5.92 Å². The maximum absolute atomic E-state index is 11.9. The largest absolute Gasteiger partial charge is 0.491 e. The molecule has 1 amide bonds. The fourth-order valence-corrected chi connectivity index (χ4v) is 1.77. The summed E-state index contributed by atoms with van der Waals surface area (Å²) >= 11 is 0. The molecule has 1 atom stereocenters. The Labute approximate surface area is 98.6 Å². The van der Waals surface area contributed by atoms with Gasteiger partial charge < -0.3 is 14.7 Å². The van der Waals surface area contributed by atoms with Crippen LogP contribution in [0.15, 0.2) is 18.2 Å². The molecular formula is C12H13NO4. The molecule has 17 heavy (non-hydrogen) atoms. The number of fused-ring (bicyclic) bond motifs is 1. The Morgan fingerprint density at radius 2 is 2.24 bits per heavy atom. The van der Waals surface area contributed by atoms with Crippen molar-refractivity contribution in [1.29, 1.82) is 0 Å². The van der Waals surface area contributed by atoms with Crippen molar-refractivity contribution in [3.63, 3.8) is 0 Å². The second kappa shape index (κ2) is 4.08. The van der Waals surface area contributed by atoms with Crippen LogP contribution < -0.4 is 9.64 Å². The van der Waals surface area contributed by atoms with Crippen LogP contribution in [0.1, 0.15) is 17.3 Å². The van der Waals surface area contributed by atoms with E-state index in [1.165, 1.54) is 17.0 Å². The summed E-state index contributed by atoms with van der Waals surface area (Å²) in [5.41, 5.74) is 0.640. The normalized spacial score (nSPS) is 19.3. The number of nitrogens with zero attached hydrogens (tertiary/aromatic N) is 1. The Kier molecular flexibility index (Phi) is 2.75. The molecule has 90 valence electrons.